The van der Waals surface area contributed by atoms with Crippen LogP contribution in [0, 0.1) is 0 Å². The van der Waals surface area contributed by atoms with E-state index < -0.39 is 0 Å². The molecule has 1 aromatic carbocycles. The van der Waals surface area contributed by atoms with Gasteiger partial charge < -0.3 is 9.42 Å². The maximum absolute atomic E-state index is 5.93. The van der Waals surface area contributed by atoms with Crippen molar-refractivity contribution in [1.29, 1.82) is 0 Å². The Kier molecular flexibility index (Phi) is 4.63. The fraction of sp³-hybridized carbons (Fsp3) is 0.278. The number of hydrogen-bond donors (Lipinski definition) is 0. The molecule has 0 amide bonds. The van der Waals surface area contributed by atoms with E-state index in [9.17, 15) is 0 Å². The van der Waals surface area contributed by atoms with Gasteiger partial charge in [-0.3, -0.25) is 4.90 Å². The number of aromatic nitrogens is 3. The molecular weight excluding hydrogens is 338 g/mol. The van der Waals surface area contributed by atoms with Gasteiger partial charge in [-0.05, 0) is 18.2 Å². The first-order valence-corrected chi connectivity index (χ1v) is 8.61. The van der Waals surface area contributed by atoms with E-state index >= 15 is 0 Å². The van der Waals surface area contributed by atoms with E-state index in [0.29, 0.717) is 5.02 Å². The summed E-state index contributed by atoms with van der Waals surface area (Å²) in [7, 11) is 0. The molecule has 1 saturated heterocycles. The smallest absolute Gasteiger partial charge is 0.225 e. The second-order valence-corrected chi connectivity index (χ2v) is 6.43. The van der Waals surface area contributed by atoms with Gasteiger partial charge >= 0.3 is 0 Å². The van der Waals surface area contributed by atoms with Crippen molar-refractivity contribution in [3.63, 3.8) is 0 Å². The molecule has 1 aliphatic heterocycles. The van der Waals surface area contributed by atoms with Gasteiger partial charge in [-0.2, -0.15) is 0 Å². The average Bonchev–Trinajstić information content (AvgIpc) is 3.12. The Morgan fingerprint density at radius 3 is 2.44 bits per heavy atom. The summed E-state index contributed by atoms with van der Waals surface area (Å²) >= 11 is 5.93. The highest BCUT2D eigenvalue weighted by molar-refractivity contribution is 6.30. The van der Waals surface area contributed by atoms with E-state index in [1.54, 1.807) is 12.4 Å². The lowest BCUT2D eigenvalue weighted by Crippen LogP contribution is -2.46. The van der Waals surface area contributed by atoms with Crippen molar-refractivity contribution in [2.45, 2.75) is 6.54 Å². The third-order valence-electron chi connectivity index (χ3n) is 4.29. The Hall–Kier alpha value is -2.44. The van der Waals surface area contributed by atoms with Crippen LogP contribution >= 0.6 is 11.6 Å². The fourth-order valence-corrected chi connectivity index (χ4v) is 3.05. The second-order valence-electron chi connectivity index (χ2n) is 6.00. The zero-order chi connectivity index (χ0) is 17.1. The summed E-state index contributed by atoms with van der Waals surface area (Å²) in [6.07, 6.45) is 3.56. The lowest BCUT2D eigenvalue weighted by Gasteiger charge is -2.33. The maximum Gasteiger partial charge on any atom is 0.225 e. The largest absolute Gasteiger partial charge is 0.359 e. The molecule has 6 nitrogen and oxygen atoms in total. The van der Waals surface area contributed by atoms with Crippen molar-refractivity contribution < 1.29 is 4.52 Å². The first-order chi connectivity index (χ1) is 12.3. The summed E-state index contributed by atoms with van der Waals surface area (Å²) in [6.45, 7) is 4.44. The molecule has 2 aromatic heterocycles. The van der Waals surface area contributed by atoms with Crippen LogP contribution in [0.4, 0.5) is 5.95 Å². The van der Waals surface area contributed by atoms with E-state index in [4.69, 9.17) is 16.1 Å². The lowest BCUT2D eigenvalue weighted by atomic mass is 10.1. The highest BCUT2D eigenvalue weighted by Gasteiger charge is 2.20. The van der Waals surface area contributed by atoms with Crippen LogP contribution < -0.4 is 4.90 Å². The van der Waals surface area contributed by atoms with Gasteiger partial charge in [-0.15, -0.1) is 0 Å². The third kappa shape index (κ3) is 3.81. The van der Waals surface area contributed by atoms with Gasteiger partial charge in [0.15, 0.2) is 5.76 Å². The number of anilines is 1. The number of nitrogens with zero attached hydrogens (tertiary/aromatic N) is 5. The predicted molar refractivity (Wildman–Crippen MR) is 96.5 cm³/mol. The van der Waals surface area contributed by atoms with E-state index in [1.165, 1.54) is 0 Å². The predicted octanol–water partition coefficient (Wildman–Crippen LogP) is 3.11. The Labute approximate surface area is 151 Å². The van der Waals surface area contributed by atoms with E-state index in [1.807, 2.05) is 36.4 Å². The molecule has 0 N–H and O–H groups in total. The van der Waals surface area contributed by atoms with E-state index in [0.717, 1.165) is 55.7 Å². The highest BCUT2D eigenvalue weighted by atomic mass is 35.5. The zero-order valence-electron chi connectivity index (χ0n) is 13.7. The Morgan fingerprint density at radius 2 is 1.72 bits per heavy atom. The first-order valence-electron chi connectivity index (χ1n) is 8.24. The van der Waals surface area contributed by atoms with Crippen molar-refractivity contribution in [1.82, 2.24) is 20.0 Å². The molecule has 0 atom stereocenters. The van der Waals surface area contributed by atoms with Crippen LogP contribution in [-0.2, 0) is 6.54 Å². The van der Waals surface area contributed by atoms with E-state index in [-0.39, 0.29) is 0 Å². The summed E-state index contributed by atoms with van der Waals surface area (Å²) in [6, 6.07) is 11.4. The summed E-state index contributed by atoms with van der Waals surface area (Å²) in [5, 5.41) is 4.88. The molecule has 4 rings (SSSR count). The van der Waals surface area contributed by atoms with Gasteiger partial charge in [0, 0.05) is 55.2 Å². The molecular formula is C18H18ClN5O. The molecule has 0 aliphatic carbocycles. The number of hydrogen-bond acceptors (Lipinski definition) is 6. The van der Waals surface area contributed by atoms with Crippen LogP contribution in [0.5, 0.6) is 0 Å². The number of benzene rings is 1. The molecule has 0 bridgehead atoms. The van der Waals surface area contributed by atoms with E-state index in [2.05, 4.69) is 24.9 Å². The molecule has 128 valence electrons. The minimum Gasteiger partial charge on any atom is -0.359 e. The van der Waals surface area contributed by atoms with Crippen molar-refractivity contribution in [3.8, 4) is 11.3 Å². The van der Waals surface area contributed by atoms with Crippen LogP contribution in [0.25, 0.3) is 11.3 Å². The van der Waals surface area contributed by atoms with Gasteiger partial charge in [0.1, 0.15) is 5.69 Å². The van der Waals surface area contributed by atoms with Crippen molar-refractivity contribution >= 4 is 17.5 Å². The van der Waals surface area contributed by atoms with Crippen LogP contribution in [0.1, 0.15) is 5.76 Å². The molecule has 0 spiro atoms. The van der Waals surface area contributed by atoms with Gasteiger partial charge in [-0.1, -0.05) is 28.9 Å². The third-order valence-corrected chi connectivity index (χ3v) is 4.54. The van der Waals surface area contributed by atoms with Crippen molar-refractivity contribution in [3.05, 3.63) is 59.6 Å². The van der Waals surface area contributed by atoms with Crippen LogP contribution in [0.15, 0.2) is 53.3 Å². The van der Waals surface area contributed by atoms with Crippen LogP contribution in [0.3, 0.4) is 0 Å². The topological polar surface area (TPSA) is 58.3 Å². The summed E-state index contributed by atoms with van der Waals surface area (Å²) in [5.41, 5.74) is 1.84. The average molecular weight is 356 g/mol. The minimum absolute atomic E-state index is 0.715. The quantitative estimate of drug-likeness (QED) is 0.716. The summed E-state index contributed by atoms with van der Waals surface area (Å²) < 4.78 is 5.50. The molecule has 3 aromatic rings. The number of piperazine rings is 1. The second kappa shape index (κ2) is 7.21. The van der Waals surface area contributed by atoms with Crippen LogP contribution in [-0.4, -0.2) is 46.2 Å². The van der Waals surface area contributed by atoms with Gasteiger partial charge in [0.05, 0.1) is 6.54 Å². The van der Waals surface area contributed by atoms with Gasteiger partial charge in [0.2, 0.25) is 5.95 Å². The van der Waals surface area contributed by atoms with Gasteiger partial charge in [-0.25, -0.2) is 9.97 Å². The molecule has 3 heterocycles. The maximum atomic E-state index is 5.93. The lowest BCUT2D eigenvalue weighted by molar-refractivity contribution is 0.219. The monoisotopic (exact) mass is 355 g/mol. The Morgan fingerprint density at radius 1 is 1.00 bits per heavy atom. The van der Waals surface area contributed by atoms with Crippen molar-refractivity contribution in [2.75, 3.05) is 31.1 Å². The molecule has 0 radical (unpaired) electrons. The van der Waals surface area contributed by atoms with Crippen LogP contribution in [0.2, 0.25) is 5.02 Å². The highest BCUT2D eigenvalue weighted by Crippen LogP contribution is 2.22. The molecule has 1 aliphatic rings. The molecule has 25 heavy (non-hydrogen) atoms. The Bertz CT molecular complexity index is 813. The molecule has 7 heteroatoms. The standard InChI is InChI=1S/C18H18ClN5O/c19-15-4-2-14(3-5-15)17-12-16(25-22-17)13-23-8-10-24(11-9-23)18-20-6-1-7-21-18/h1-7,12H,8-11,13H2. The zero-order valence-corrected chi connectivity index (χ0v) is 14.4. The van der Waals surface area contributed by atoms with Crippen molar-refractivity contribution in [2.24, 2.45) is 0 Å². The molecule has 0 unspecified atom stereocenters. The van der Waals surface area contributed by atoms with Gasteiger partial charge in [0.25, 0.3) is 0 Å². The SMILES string of the molecule is Clc1ccc(-c2cc(CN3CCN(c4ncccn4)CC3)on2)cc1. The fourth-order valence-electron chi connectivity index (χ4n) is 2.93. The minimum atomic E-state index is 0.715. The molecule has 1 fully saturated rings. The normalized spacial score (nSPS) is 15.5. The number of halogens is 1. The number of rotatable bonds is 4. The summed E-state index contributed by atoms with van der Waals surface area (Å²) in [4.78, 5) is 13.2. The first kappa shape index (κ1) is 16.1. The molecule has 0 saturated carbocycles. The summed E-state index contributed by atoms with van der Waals surface area (Å²) in [5.74, 6) is 1.67. The Balaban J connectivity index is 1.35.